The van der Waals surface area contributed by atoms with Gasteiger partial charge in [-0.15, -0.1) is 0 Å². The van der Waals surface area contributed by atoms with Crippen LogP contribution in [0.1, 0.15) is 44.7 Å². The maximum Gasteiger partial charge on any atom is 0.247 e. The zero-order valence-electron chi connectivity index (χ0n) is 14.0. The molecule has 3 N–H and O–H groups in total. The molecule has 0 saturated carbocycles. The van der Waals surface area contributed by atoms with E-state index in [-0.39, 0.29) is 23.8 Å². The van der Waals surface area contributed by atoms with Crippen molar-refractivity contribution in [2.45, 2.75) is 45.2 Å². The third-order valence-corrected chi connectivity index (χ3v) is 3.94. The van der Waals surface area contributed by atoms with Crippen molar-refractivity contribution >= 4 is 11.8 Å². The Hall–Kier alpha value is -1.88. The summed E-state index contributed by atoms with van der Waals surface area (Å²) in [7, 11) is 0. The second-order valence-electron chi connectivity index (χ2n) is 6.56. The van der Waals surface area contributed by atoms with Crippen molar-refractivity contribution in [3.63, 3.8) is 0 Å². The van der Waals surface area contributed by atoms with Crippen molar-refractivity contribution in [3.8, 4) is 0 Å². The Morgan fingerprint density at radius 1 is 1.26 bits per heavy atom. The highest BCUT2D eigenvalue weighted by Crippen LogP contribution is 2.15. The van der Waals surface area contributed by atoms with E-state index in [1.54, 1.807) is 0 Å². The fraction of sp³-hybridized carbons (Fsp3) is 0.556. The number of carbonyl (C=O) groups is 2. The topological polar surface area (TPSA) is 70.2 Å². The first-order valence-electron chi connectivity index (χ1n) is 8.41. The number of carbonyl (C=O) groups excluding carboxylic acids is 2. The van der Waals surface area contributed by atoms with Gasteiger partial charge in [0.25, 0.3) is 0 Å². The van der Waals surface area contributed by atoms with E-state index in [1.165, 1.54) is 0 Å². The zero-order chi connectivity index (χ0) is 16.7. The highest BCUT2D eigenvalue weighted by Gasteiger charge is 2.25. The van der Waals surface area contributed by atoms with Gasteiger partial charge in [-0.05, 0) is 30.9 Å². The first kappa shape index (κ1) is 17.5. The summed E-state index contributed by atoms with van der Waals surface area (Å²) in [5.41, 5.74) is 0.811. The normalized spacial score (nSPS) is 19.2. The van der Waals surface area contributed by atoms with Crippen molar-refractivity contribution in [3.05, 3.63) is 35.9 Å². The SMILES string of the molecule is CC(C)CC(=O)NC(C(=O)NC1CCCNC1)c1ccccc1. The van der Waals surface area contributed by atoms with Crippen LogP contribution < -0.4 is 16.0 Å². The van der Waals surface area contributed by atoms with Gasteiger partial charge in [-0.25, -0.2) is 0 Å². The molecule has 1 heterocycles. The maximum absolute atomic E-state index is 12.7. The number of benzene rings is 1. The summed E-state index contributed by atoms with van der Waals surface area (Å²) in [5.74, 6) is 0.0322. The molecule has 23 heavy (non-hydrogen) atoms. The van der Waals surface area contributed by atoms with Crippen molar-refractivity contribution in [1.82, 2.24) is 16.0 Å². The predicted molar refractivity (Wildman–Crippen MR) is 90.8 cm³/mol. The highest BCUT2D eigenvalue weighted by molar-refractivity contribution is 5.88. The molecule has 1 fully saturated rings. The van der Waals surface area contributed by atoms with Crippen LogP contribution in [-0.4, -0.2) is 30.9 Å². The molecule has 0 aromatic heterocycles. The molecule has 1 aromatic rings. The third kappa shape index (κ3) is 5.67. The first-order chi connectivity index (χ1) is 11.1. The Morgan fingerprint density at radius 3 is 2.61 bits per heavy atom. The molecule has 5 nitrogen and oxygen atoms in total. The molecule has 1 aromatic carbocycles. The van der Waals surface area contributed by atoms with Crippen LogP contribution in [-0.2, 0) is 9.59 Å². The molecule has 0 bridgehead atoms. The summed E-state index contributed by atoms with van der Waals surface area (Å²) in [6.45, 7) is 5.77. The quantitative estimate of drug-likeness (QED) is 0.749. The molecule has 0 radical (unpaired) electrons. The van der Waals surface area contributed by atoms with Gasteiger partial charge in [0.15, 0.2) is 0 Å². The lowest BCUT2D eigenvalue weighted by atomic mass is 10.0. The lowest BCUT2D eigenvalue weighted by Gasteiger charge is -2.27. The van der Waals surface area contributed by atoms with E-state index in [9.17, 15) is 9.59 Å². The Balaban J connectivity index is 2.06. The number of piperidine rings is 1. The van der Waals surface area contributed by atoms with E-state index >= 15 is 0 Å². The summed E-state index contributed by atoms with van der Waals surface area (Å²) in [5, 5.41) is 9.23. The Bertz CT molecular complexity index is 510. The lowest BCUT2D eigenvalue weighted by molar-refractivity contribution is -0.130. The number of nitrogens with one attached hydrogen (secondary N) is 3. The average molecular weight is 317 g/mol. The van der Waals surface area contributed by atoms with E-state index in [4.69, 9.17) is 0 Å². The van der Waals surface area contributed by atoms with Gasteiger partial charge in [0, 0.05) is 19.0 Å². The number of hydrogen-bond acceptors (Lipinski definition) is 3. The Kier molecular flexibility index (Phi) is 6.59. The molecule has 2 unspecified atom stereocenters. The van der Waals surface area contributed by atoms with Gasteiger partial charge in [-0.2, -0.15) is 0 Å². The third-order valence-electron chi connectivity index (χ3n) is 3.94. The molecular weight excluding hydrogens is 290 g/mol. The molecule has 2 rings (SSSR count). The molecule has 1 saturated heterocycles. The predicted octanol–water partition coefficient (Wildman–Crippen LogP) is 1.76. The molecule has 5 heteroatoms. The second kappa shape index (κ2) is 8.67. The van der Waals surface area contributed by atoms with Crippen LogP contribution >= 0.6 is 0 Å². The minimum Gasteiger partial charge on any atom is -0.350 e. The molecule has 0 aliphatic carbocycles. The van der Waals surface area contributed by atoms with Crippen LogP contribution in [0, 0.1) is 5.92 Å². The average Bonchev–Trinajstić information content (AvgIpc) is 2.53. The fourth-order valence-corrected chi connectivity index (χ4v) is 2.80. The summed E-state index contributed by atoms with van der Waals surface area (Å²) in [6, 6.07) is 8.91. The lowest BCUT2D eigenvalue weighted by Crippen LogP contribution is -2.49. The summed E-state index contributed by atoms with van der Waals surface area (Å²) >= 11 is 0. The van der Waals surface area contributed by atoms with E-state index in [0.717, 1.165) is 31.5 Å². The Morgan fingerprint density at radius 2 is 2.00 bits per heavy atom. The van der Waals surface area contributed by atoms with Gasteiger partial charge in [0.05, 0.1) is 0 Å². The van der Waals surface area contributed by atoms with Gasteiger partial charge in [-0.3, -0.25) is 9.59 Å². The number of hydrogen-bond donors (Lipinski definition) is 3. The number of rotatable bonds is 6. The molecule has 1 aliphatic rings. The summed E-state index contributed by atoms with van der Waals surface area (Å²) < 4.78 is 0. The number of amides is 2. The standard InChI is InChI=1S/C18H27N3O2/c1-13(2)11-16(22)21-17(14-7-4-3-5-8-14)18(23)20-15-9-6-10-19-12-15/h3-5,7-8,13,15,17,19H,6,9-12H2,1-2H3,(H,20,23)(H,21,22). The fourth-order valence-electron chi connectivity index (χ4n) is 2.80. The molecule has 0 spiro atoms. The van der Waals surface area contributed by atoms with Crippen LogP contribution in [0.3, 0.4) is 0 Å². The summed E-state index contributed by atoms with van der Waals surface area (Å²) in [4.78, 5) is 24.8. The Labute approximate surface area is 138 Å². The smallest absolute Gasteiger partial charge is 0.247 e. The van der Waals surface area contributed by atoms with Gasteiger partial charge in [-0.1, -0.05) is 44.2 Å². The maximum atomic E-state index is 12.7. The van der Waals surface area contributed by atoms with Crippen LogP contribution in [0.2, 0.25) is 0 Å². The van der Waals surface area contributed by atoms with Crippen molar-refractivity contribution in [2.75, 3.05) is 13.1 Å². The van der Waals surface area contributed by atoms with E-state index < -0.39 is 6.04 Å². The minimum atomic E-state index is -0.635. The van der Waals surface area contributed by atoms with E-state index in [1.807, 2.05) is 44.2 Å². The highest BCUT2D eigenvalue weighted by atomic mass is 16.2. The van der Waals surface area contributed by atoms with Crippen LogP contribution in [0.25, 0.3) is 0 Å². The van der Waals surface area contributed by atoms with Crippen molar-refractivity contribution in [2.24, 2.45) is 5.92 Å². The minimum absolute atomic E-state index is 0.0919. The molecule has 2 atom stereocenters. The monoisotopic (exact) mass is 317 g/mol. The van der Waals surface area contributed by atoms with Gasteiger partial charge >= 0.3 is 0 Å². The van der Waals surface area contributed by atoms with Crippen molar-refractivity contribution < 1.29 is 9.59 Å². The zero-order valence-corrected chi connectivity index (χ0v) is 14.0. The van der Waals surface area contributed by atoms with Crippen molar-refractivity contribution in [1.29, 1.82) is 0 Å². The molecule has 1 aliphatic heterocycles. The van der Waals surface area contributed by atoms with Crippen LogP contribution in [0.5, 0.6) is 0 Å². The van der Waals surface area contributed by atoms with Crippen LogP contribution in [0.4, 0.5) is 0 Å². The largest absolute Gasteiger partial charge is 0.350 e. The molecule has 126 valence electrons. The molecular formula is C18H27N3O2. The molecule has 2 amide bonds. The summed E-state index contributed by atoms with van der Waals surface area (Å²) in [6.07, 6.45) is 2.45. The van der Waals surface area contributed by atoms with E-state index in [2.05, 4.69) is 16.0 Å². The first-order valence-corrected chi connectivity index (χ1v) is 8.41. The van der Waals surface area contributed by atoms with Gasteiger partial charge in [0.2, 0.25) is 11.8 Å². The second-order valence-corrected chi connectivity index (χ2v) is 6.56. The van der Waals surface area contributed by atoms with E-state index in [0.29, 0.717) is 6.42 Å². The van der Waals surface area contributed by atoms with Gasteiger partial charge < -0.3 is 16.0 Å². The van der Waals surface area contributed by atoms with Crippen LogP contribution in [0.15, 0.2) is 30.3 Å². The van der Waals surface area contributed by atoms with Gasteiger partial charge in [0.1, 0.15) is 6.04 Å².